The van der Waals surface area contributed by atoms with Gasteiger partial charge in [-0.3, -0.25) is 18.8 Å². The lowest BCUT2D eigenvalue weighted by atomic mass is 10.1. The molecule has 28 heavy (non-hydrogen) atoms. The Morgan fingerprint density at radius 2 is 2.04 bits per heavy atom. The Balaban J connectivity index is 1.66. The number of fused-ring (bicyclic) bond motifs is 3. The molecule has 0 fully saturated rings. The fraction of sp³-hybridized carbons (Fsp3) is 0.263. The lowest BCUT2D eigenvalue weighted by molar-refractivity contribution is -0.131. The molecular formula is C19H18N4O4S. The highest BCUT2D eigenvalue weighted by molar-refractivity contribution is 7.17. The Kier molecular flexibility index (Phi) is 4.60. The summed E-state index contributed by atoms with van der Waals surface area (Å²) < 4.78 is 1.38. The number of carbonyl (C=O) groups is 2. The Labute approximate surface area is 164 Å². The average Bonchev–Trinajstić information content (AvgIpc) is 3.05. The zero-order chi connectivity index (χ0) is 19.8. The van der Waals surface area contributed by atoms with E-state index in [2.05, 4.69) is 10.3 Å². The van der Waals surface area contributed by atoms with E-state index in [1.807, 2.05) is 30.3 Å². The molecule has 144 valence electrons. The minimum absolute atomic E-state index is 0.0171. The Morgan fingerprint density at radius 1 is 1.29 bits per heavy atom. The van der Waals surface area contributed by atoms with Gasteiger partial charge in [-0.2, -0.15) is 4.98 Å². The summed E-state index contributed by atoms with van der Waals surface area (Å²) in [7, 11) is 1.38. The second-order valence-corrected chi connectivity index (χ2v) is 7.57. The first-order chi connectivity index (χ1) is 13.5. The third-order valence-corrected chi connectivity index (χ3v) is 5.87. The highest BCUT2D eigenvalue weighted by atomic mass is 32.1. The van der Waals surface area contributed by atoms with Crippen LogP contribution in [0.5, 0.6) is 5.88 Å². The molecule has 4 rings (SSSR count). The zero-order valence-electron chi connectivity index (χ0n) is 15.1. The molecule has 0 spiro atoms. The van der Waals surface area contributed by atoms with E-state index in [1.54, 1.807) is 4.90 Å². The first-order valence-corrected chi connectivity index (χ1v) is 9.61. The SMILES string of the molecule is CNC(=O)c1c(O)nc2sc3c(n2c1=O)CCN(C(=O)Cc1ccccc1)C3. The average molecular weight is 398 g/mol. The van der Waals surface area contributed by atoms with E-state index in [0.29, 0.717) is 30.9 Å². The van der Waals surface area contributed by atoms with E-state index in [9.17, 15) is 19.5 Å². The predicted molar refractivity (Wildman–Crippen MR) is 104 cm³/mol. The molecule has 9 heteroatoms. The maximum absolute atomic E-state index is 12.8. The van der Waals surface area contributed by atoms with E-state index in [1.165, 1.54) is 22.8 Å². The molecule has 3 heterocycles. The van der Waals surface area contributed by atoms with Crippen LogP contribution in [0.1, 0.15) is 26.5 Å². The van der Waals surface area contributed by atoms with Crippen LogP contribution in [-0.4, -0.2) is 44.8 Å². The molecule has 1 aliphatic heterocycles. The Hall–Kier alpha value is -3.20. The van der Waals surface area contributed by atoms with Crippen molar-refractivity contribution in [3.8, 4) is 5.88 Å². The maximum Gasteiger partial charge on any atom is 0.275 e. The topological polar surface area (TPSA) is 104 Å². The van der Waals surface area contributed by atoms with Crippen molar-refractivity contribution >= 4 is 28.1 Å². The molecule has 2 aromatic heterocycles. The Bertz CT molecular complexity index is 1140. The van der Waals surface area contributed by atoms with Crippen molar-refractivity contribution in [3.05, 3.63) is 62.4 Å². The van der Waals surface area contributed by atoms with Gasteiger partial charge in [0.1, 0.15) is 0 Å². The summed E-state index contributed by atoms with van der Waals surface area (Å²) in [5.74, 6) is -1.25. The maximum atomic E-state index is 12.8. The monoisotopic (exact) mass is 398 g/mol. The molecule has 0 bridgehead atoms. The normalized spacial score (nSPS) is 13.4. The number of nitrogens with zero attached hydrogens (tertiary/aromatic N) is 3. The molecule has 3 aromatic rings. The molecule has 8 nitrogen and oxygen atoms in total. The van der Waals surface area contributed by atoms with Gasteiger partial charge in [0.25, 0.3) is 11.5 Å². The molecule has 2 amide bonds. The number of hydrogen-bond donors (Lipinski definition) is 2. The second-order valence-electron chi connectivity index (χ2n) is 6.51. The summed E-state index contributed by atoms with van der Waals surface area (Å²) >= 11 is 1.25. The zero-order valence-corrected chi connectivity index (χ0v) is 16.0. The van der Waals surface area contributed by atoms with Gasteiger partial charge >= 0.3 is 0 Å². The number of benzene rings is 1. The van der Waals surface area contributed by atoms with Gasteiger partial charge in [-0.15, -0.1) is 0 Å². The molecule has 0 atom stereocenters. The molecule has 0 radical (unpaired) electrons. The van der Waals surface area contributed by atoms with Crippen LogP contribution in [0.2, 0.25) is 0 Å². The van der Waals surface area contributed by atoms with E-state index >= 15 is 0 Å². The molecule has 0 aliphatic carbocycles. The van der Waals surface area contributed by atoms with Gasteiger partial charge in [-0.25, -0.2) is 0 Å². The highest BCUT2D eigenvalue weighted by Gasteiger charge is 2.28. The third-order valence-electron chi connectivity index (χ3n) is 4.80. The van der Waals surface area contributed by atoms with Crippen LogP contribution in [0.4, 0.5) is 0 Å². The summed E-state index contributed by atoms with van der Waals surface area (Å²) in [6, 6.07) is 9.54. The molecule has 2 N–H and O–H groups in total. The van der Waals surface area contributed by atoms with Crippen molar-refractivity contribution in [2.75, 3.05) is 13.6 Å². The summed E-state index contributed by atoms with van der Waals surface area (Å²) in [5, 5.41) is 12.4. The highest BCUT2D eigenvalue weighted by Crippen LogP contribution is 2.28. The van der Waals surface area contributed by atoms with Gasteiger partial charge in [0.15, 0.2) is 5.56 Å². The molecule has 0 saturated carbocycles. The van der Waals surface area contributed by atoms with Crippen LogP contribution < -0.4 is 10.9 Å². The number of thiazole rings is 1. The van der Waals surface area contributed by atoms with Crippen molar-refractivity contribution in [2.45, 2.75) is 19.4 Å². The summed E-state index contributed by atoms with van der Waals surface area (Å²) in [6.45, 7) is 0.859. The van der Waals surface area contributed by atoms with E-state index in [4.69, 9.17) is 0 Å². The number of amides is 2. The largest absolute Gasteiger partial charge is 0.492 e. The third kappa shape index (κ3) is 3.03. The number of aromatic nitrogens is 2. The van der Waals surface area contributed by atoms with Crippen molar-refractivity contribution < 1.29 is 14.7 Å². The van der Waals surface area contributed by atoms with Gasteiger partial charge in [0.2, 0.25) is 16.7 Å². The number of aromatic hydroxyl groups is 1. The second kappa shape index (κ2) is 7.08. The van der Waals surface area contributed by atoms with Crippen LogP contribution in [0.3, 0.4) is 0 Å². The fourth-order valence-corrected chi connectivity index (χ4v) is 4.55. The number of hydrogen-bond acceptors (Lipinski definition) is 6. The van der Waals surface area contributed by atoms with Gasteiger partial charge in [-0.1, -0.05) is 41.7 Å². The Morgan fingerprint density at radius 3 is 2.75 bits per heavy atom. The van der Waals surface area contributed by atoms with E-state index in [-0.39, 0.29) is 11.5 Å². The lowest BCUT2D eigenvalue weighted by Gasteiger charge is -2.26. The van der Waals surface area contributed by atoms with Crippen LogP contribution in [0, 0.1) is 0 Å². The molecule has 0 unspecified atom stereocenters. The minimum atomic E-state index is -0.681. The number of carbonyl (C=O) groups excluding carboxylic acids is 2. The molecular weight excluding hydrogens is 380 g/mol. The standard InChI is InChI=1S/C19H18N4O4S/c1-20-16(25)15-17(26)21-19-23(18(15)27)12-7-8-22(10-13(12)28-19)14(24)9-11-5-3-2-4-6-11/h2-6,26H,7-10H2,1H3,(H,20,25). The van der Waals surface area contributed by atoms with Crippen LogP contribution in [0.25, 0.3) is 4.96 Å². The van der Waals surface area contributed by atoms with Gasteiger partial charge in [0, 0.05) is 30.6 Å². The van der Waals surface area contributed by atoms with Crippen molar-refractivity contribution in [1.29, 1.82) is 0 Å². The van der Waals surface area contributed by atoms with E-state index in [0.717, 1.165) is 16.1 Å². The number of rotatable bonds is 3. The predicted octanol–water partition coefficient (Wildman–Crippen LogP) is 0.949. The lowest BCUT2D eigenvalue weighted by Crippen LogP contribution is -2.37. The molecule has 1 aliphatic rings. The number of nitrogens with one attached hydrogen (secondary N) is 1. The van der Waals surface area contributed by atoms with Crippen LogP contribution >= 0.6 is 11.3 Å². The van der Waals surface area contributed by atoms with Crippen LogP contribution in [0.15, 0.2) is 35.1 Å². The first kappa shape index (κ1) is 18.2. The van der Waals surface area contributed by atoms with Crippen molar-refractivity contribution in [1.82, 2.24) is 19.6 Å². The van der Waals surface area contributed by atoms with Gasteiger partial charge in [-0.05, 0) is 5.56 Å². The molecule has 1 aromatic carbocycles. The van der Waals surface area contributed by atoms with Crippen molar-refractivity contribution in [3.63, 3.8) is 0 Å². The smallest absolute Gasteiger partial charge is 0.275 e. The van der Waals surface area contributed by atoms with Crippen molar-refractivity contribution in [2.24, 2.45) is 0 Å². The first-order valence-electron chi connectivity index (χ1n) is 8.79. The van der Waals surface area contributed by atoms with Gasteiger partial charge < -0.3 is 15.3 Å². The van der Waals surface area contributed by atoms with E-state index < -0.39 is 17.3 Å². The summed E-state index contributed by atoms with van der Waals surface area (Å²) in [6.07, 6.45) is 0.802. The quantitative estimate of drug-likeness (QED) is 0.684. The summed E-state index contributed by atoms with van der Waals surface area (Å²) in [5.41, 5.74) is 0.727. The fourth-order valence-electron chi connectivity index (χ4n) is 3.38. The summed E-state index contributed by atoms with van der Waals surface area (Å²) in [4.78, 5) is 44.3. The van der Waals surface area contributed by atoms with Crippen LogP contribution in [-0.2, 0) is 24.2 Å². The van der Waals surface area contributed by atoms with Gasteiger partial charge in [0.05, 0.1) is 13.0 Å². The molecule has 0 saturated heterocycles. The minimum Gasteiger partial charge on any atom is -0.492 e.